The number of benzene rings is 1. The number of nitrogens with one attached hydrogen (secondary N) is 1. The number of carbonyl (C=O) groups is 1. The fourth-order valence-electron chi connectivity index (χ4n) is 2.95. The van der Waals surface area contributed by atoms with E-state index in [2.05, 4.69) is 36.2 Å². The molecule has 0 radical (unpaired) electrons. The lowest BCUT2D eigenvalue weighted by molar-refractivity contribution is -0.117. The highest BCUT2D eigenvalue weighted by Crippen LogP contribution is 2.20. The molecule has 1 aromatic heterocycles. The van der Waals surface area contributed by atoms with Crippen molar-refractivity contribution in [2.24, 2.45) is 0 Å². The van der Waals surface area contributed by atoms with E-state index < -0.39 is 0 Å². The van der Waals surface area contributed by atoms with Crippen LogP contribution in [0.5, 0.6) is 0 Å². The van der Waals surface area contributed by atoms with E-state index in [0.29, 0.717) is 6.54 Å². The lowest BCUT2D eigenvalue weighted by Crippen LogP contribution is -2.48. The molecule has 134 valence electrons. The second kappa shape index (κ2) is 8.12. The molecule has 1 saturated heterocycles. The lowest BCUT2D eigenvalue weighted by Gasteiger charge is -2.33. The lowest BCUT2D eigenvalue weighted by atomic mass is 10.2. The van der Waals surface area contributed by atoms with Crippen LogP contribution in [0.4, 0.5) is 5.69 Å². The number of amides is 1. The minimum Gasteiger partial charge on any atom is -0.361 e. The third-order valence-electron chi connectivity index (χ3n) is 4.34. The first-order valence-electron chi connectivity index (χ1n) is 8.42. The molecule has 0 aliphatic carbocycles. The Kier molecular flexibility index (Phi) is 5.88. The first-order valence-corrected chi connectivity index (χ1v) is 9.22. The number of hydrogen-bond acceptors (Lipinski definition) is 5. The van der Waals surface area contributed by atoms with Crippen LogP contribution in [0.2, 0.25) is 0 Å². The Labute approximate surface area is 156 Å². The van der Waals surface area contributed by atoms with Gasteiger partial charge in [0.15, 0.2) is 0 Å². The third-order valence-corrected chi connectivity index (χ3v) is 5.23. The van der Waals surface area contributed by atoms with Gasteiger partial charge >= 0.3 is 0 Å². The van der Waals surface area contributed by atoms with Gasteiger partial charge in [-0.3, -0.25) is 14.6 Å². The van der Waals surface area contributed by atoms with Gasteiger partial charge in [0.1, 0.15) is 5.76 Å². The van der Waals surface area contributed by atoms with E-state index in [-0.39, 0.29) is 5.91 Å². The molecule has 1 N–H and O–H groups in total. The van der Waals surface area contributed by atoms with Gasteiger partial charge < -0.3 is 9.84 Å². The predicted molar refractivity (Wildman–Crippen MR) is 100 cm³/mol. The summed E-state index contributed by atoms with van der Waals surface area (Å²) in [5.74, 6) is 0.871. The Balaban J connectivity index is 1.43. The van der Waals surface area contributed by atoms with Crippen LogP contribution in [0.1, 0.15) is 17.0 Å². The maximum absolute atomic E-state index is 12.3. The van der Waals surface area contributed by atoms with Crippen molar-refractivity contribution in [1.29, 1.82) is 0 Å². The number of aromatic nitrogens is 1. The maximum atomic E-state index is 12.3. The molecule has 0 spiro atoms. The maximum Gasteiger partial charge on any atom is 0.238 e. The van der Waals surface area contributed by atoms with E-state index in [1.54, 1.807) is 0 Å². The second-order valence-electron chi connectivity index (χ2n) is 6.49. The van der Waals surface area contributed by atoms with Crippen molar-refractivity contribution < 1.29 is 9.32 Å². The number of nitrogens with zero attached hydrogens (tertiary/aromatic N) is 3. The molecule has 3 rings (SSSR count). The van der Waals surface area contributed by atoms with Gasteiger partial charge in [0.2, 0.25) is 5.91 Å². The van der Waals surface area contributed by atoms with Gasteiger partial charge in [-0.25, -0.2) is 0 Å². The van der Waals surface area contributed by atoms with E-state index >= 15 is 0 Å². The van der Waals surface area contributed by atoms with Crippen molar-refractivity contribution >= 4 is 27.5 Å². The predicted octanol–water partition coefficient (Wildman–Crippen LogP) is 2.81. The van der Waals surface area contributed by atoms with E-state index in [4.69, 9.17) is 4.52 Å². The number of aryl methyl sites for hydroxylation is 2. The fourth-order valence-corrected chi connectivity index (χ4v) is 3.20. The molecular formula is C18H23BrN4O2. The first kappa shape index (κ1) is 18.1. The molecular weight excluding hydrogens is 384 g/mol. The topological polar surface area (TPSA) is 61.6 Å². The van der Waals surface area contributed by atoms with Crippen LogP contribution in [0, 0.1) is 13.8 Å². The highest BCUT2D eigenvalue weighted by molar-refractivity contribution is 9.10. The molecule has 0 saturated carbocycles. The van der Waals surface area contributed by atoms with E-state index in [1.807, 2.05) is 38.1 Å². The van der Waals surface area contributed by atoms with Crippen LogP contribution in [0.3, 0.4) is 0 Å². The molecule has 7 heteroatoms. The number of halogens is 1. The third kappa shape index (κ3) is 5.14. The molecule has 0 unspecified atom stereocenters. The van der Waals surface area contributed by atoms with Crippen molar-refractivity contribution in [2.45, 2.75) is 20.4 Å². The van der Waals surface area contributed by atoms with Crippen molar-refractivity contribution in [3.8, 4) is 0 Å². The molecule has 2 aromatic rings. The summed E-state index contributed by atoms with van der Waals surface area (Å²) in [7, 11) is 0. The molecule has 25 heavy (non-hydrogen) atoms. The normalized spacial score (nSPS) is 16.1. The molecule has 1 aliphatic heterocycles. The summed E-state index contributed by atoms with van der Waals surface area (Å²) in [6.45, 7) is 8.75. The zero-order chi connectivity index (χ0) is 17.8. The Morgan fingerprint density at radius 2 is 1.92 bits per heavy atom. The van der Waals surface area contributed by atoms with Crippen LogP contribution in [-0.4, -0.2) is 53.6 Å². The molecule has 1 fully saturated rings. The molecule has 6 nitrogen and oxygen atoms in total. The standard InChI is InChI=1S/C18H23BrN4O2/c1-13-9-15(3-4-17(13)19)20-18(24)12-23-7-5-22(6-8-23)11-16-10-14(2)25-21-16/h3-4,9-10H,5-8,11-12H2,1-2H3,(H,20,24). The van der Waals surface area contributed by atoms with Crippen molar-refractivity contribution in [1.82, 2.24) is 15.0 Å². The summed E-state index contributed by atoms with van der Waals surface area (Å²) in [6.07, 6.45) is 0. The largest absolute Gasteiger partial charge is 0.361 e. The molecule has 0 atom stereocenters. The van der Waals surface area contributed by atoms with Crippen molar-refractivity contribution in [2.75, 3.05) is 38.0 Å². The molecule has 1 aromatic carbocycles. The minimum absolute atomic E-state index is 0.0299. The SMILES string of the molecule is Cc1cc(CN2CCN(CC(=O)Nc3ccc(Br)c(C)c3)CC2)no1. The van der Waals surface area contributed by atoms with Crippen LogP contribution >= 0.6 is 15.9 Å². The Morgan fingerprint density at radius 1 is 1.20 bits per heavy atom. The van der Waals surface area contributed by atoms with Gasteiger partial charge in [0.25, 0.3) is 0 Å². The number of piperazine rings is 1. The average molecular weight is 407 g/mol. The van der Waals surface area contributed by atoms with Gasteiger partial charge in [-0.1, -0.05) is 21.1 Å². The van der Waals surface area contributed by atoms with Gasteiger partial charge in [-0.2, -0.15) is 0 Å². The molecule has 2 heterocycles. The van der Waals surface area contributed by atoms with Gasteiger partial charge in [0.05, 0.1) is 12.2 Å². The van der Waals surface area contributed by atoms with Gasteiger partial charge in [-0.05, 0) is 37.6 Å². The highest BCUT2D eigenvalue weighted by atomic mass is 79.9. The summed E-state index contributed by atoms with van der Waals surface area (Å²) >= 11 is 3.47. The second-order valence-corrected chi connectivity index (χ2v) is 7.35. The fraction of sp³-hybridized carbons (Fsp3) is 0.444. The van der Waals surface area contributed by atoms with Crippen molar-refractivity contribution in [3.05, 3.63) is 45.8 Å². The summed E-state index contributed by atoms with van der Waals surface area (Å²) in [6, 6.07) is 7.81. The molecule has 1 aliphatic rings. The molecule has 1 amide bonds. The number of hydrogen-bond donors (Lipinski definition) is 1. The monoisotopic (exact) mass is 406 g/mol. The summed E-state index contributed by atoms with van der Waals surface area (Å²) in [5.41, 5.74) is 2.91. The summed E-state index contributed by atoms with van der Waals surface area (Å²) in [5, 5.41) is 7.01. The van der Waals surface area contributed by atoms with E-state index in [0.717, 1.165) is 59.9 Å². The number of anilines is 1. The summed E-state index contributed by atoms with van der Waals surface area (Å²) in [4.78, 5) is 16.8. The summed E-state index contributed by atoms with van der Waals surface area (Å²) < 4.78 is 6.15. The van der Waals surface area contributed by atoms with Crippen LogP contribution in [0.25, 0.3) is 0 Å². The zero-order valence-electron chi connectivity index (χ0n) is 14.6. The van der Waals surface area contributed by atoms with E-state index in [1.165, 1.54) is 0 Å². The highest BCUT2D eigenvalue weighted by Gasteiger charge is 2.20. The van der Waals surface area contributed by atoms with Crippen LogP contribution < -0.4 is 5.32 Å². The average Bonchev–Trinajstić information content (AvgIpc) is 2.98. The van der Waals surface area contributed by atoms with Crippen LogP contribution in [-0.2, 0) is 11.3 Å². The smallest absolute Gasteiger partial charge is 0.238 e. The van der Waals surface area contributed by atoms with Crippen molar-refractivity contribution in [3.63, 3.8) is 0 Å². The molecule has 0 bridgehead atoms. The first-order chi connectivity index (χ1) is 12.0. The Hall–Kier alpha value is -1.70. The number of rotatable bonds is 5. The number of carbonyl (C=O) groups excluding carboxylic acids is 1. The Bertz CT molecular complexity index is 738. The van der Waals surface area contributed by atoms with Crippen LogP contribution in [0.15, 0.2) is 33.3 Å². The van der Waals surface area contributed by atoms with E-state index in [9.17, 15) is 4.79 Å². The quantitative estimate of drug-likeness (QED) is 0.826. The zero-order valence-corrected chi connectivity index (χ0v) is 16.2. The van der Waals surface area contributed by atoms with Gasteiger partial charge in [0, 0.05) is 49.0 Å². The Morgan fingerprint density at radius 3 is 2.56 bits per heavy atom. The van der Waals surface area contributed by atoms with Gasteiger partial charge in [-0.15, -0.1) is 0 Å². The minimum atomic E-state index is 0.0299.